The lowest BCUT2D eigenvalue weighted by molar-refractivity contribution is -0.122. The van der Waals surface area contributed by atoms with Gasteiger partial charge in [0.15, 0.2) is 0 Å². The quantitative estimate of drug-likeness (QED) is 0.856. The van der Waals surface area contributed by atoms with Gasteiger partial charge in [0, 0.05) is 6.54 Å². The molecule has 0 aliphatic carbocycles. The molecule has 0 bridgehead atoms. The molecule has 0 saturated heterocycles. The molecule has 2 atom stereocenters. The van der Waals surface area contributed by atoms with Gasteiger partial charge in [-0.25, -0.2) is 0 Å². The van der Waals surface area contributed by atoms with Crippen LogP contribution in [0.1, 0.15) is 38.2 Å². The number of hydrogen-bond donors (Lipinski definition) is 2. The molecular formula is C18H23NO2. The van der Waals surface area contributed by atoms with Gasteiger partial charge in [-0.1, -0.05) is 49.4 Å². The first-order chi connectivity index (χ1) is 10.1. The van der Waals surface area contributed by atoms with Crippen molar-refractivity contribution in [2.75, 3.05) is 6.54 Å². The molecule has 0 fully saturated rings. The van der Waals surface area contributed by atoms with Crippen molar-refractivity contribution in [3.05, 3.63) is 48.0 Å². The van der Waals surface area contributed by atoms with Crippen molar-refractivity contribution in [2.45, 2.75) is 38.7 Å². The third-order valence-electron chi connectivity index (χ3n) is 3.91. The second kappa shape index (κ2) is 7.23. The van der Waals surface area contributed by atoms with E-state index in [1.165, 1.54) is 5.39 Å². The predicted molar refractivity (Wildman–Crippen MR) is 86.3 cm³/mol. The van der Waals surface area contributed by atoms with E-state index in [9.17, 15) is 9.90 Å². The number of carbonyl (C=O) groups is 1. The highest BCUT2D eigenvalue weighted by Gasteiger charge is 2.15. The molecule has 2 aromatic rings. The summed E-state index contributed by atoms with van der Waals surface area (Å²) in [5.74, 6) is -0.179. The van der Waals surface area contributed by atoms with E-state index >= 15 is 0 Å². The lowest BCUT2D eigenvalue weighted by Crippen LogP contribution is -2.30. The second-order valence-electron chi connectivity index (χ2n) is 5.47. The Labute approximate surface area is 126 Å². The van der Waals surface area contributed by atoms with Crippen LogP contribution in [-0.2, 0) is 4.79 Å². The van der Waals surface area contributed by atoms with Crippen molar-refractivity contribution in [1.29, 1.82) is 0 Å². The average molecular weight is 285 g/mol. The van der Waals surface area contributed by atoms with Gasteiger partial charge in [0.2, 0.25) is 5.91 Å². The number of aliphatic hydroxyl groups is 1. The zero-order valence-electron chi connectivity index (χ0n) is 12.7. The van der Waals surface area contributed by atoms with Crippen LogP contribution in [0.15, 0.2) is 42.5 Å². The van der Waals surface area contributed by atoms with Crippen molar-refractivity contribution in [2.24, 2.45) is 0 Å². The molecule has 0 aliphatic rings. The van der Waals surface area contributed by atoms with Gasteiger partial charge in [0.25, 0.3) is 0 Å². The van der Waals surface area contributed by atoms with E-state index in [1.807, 2.05) is 32.0 Å². The summed E-state index contributed by atoms with van der Waals surface area (Å²) in [6.45, 7) is 4.37. The number of aliphatic hydroxyl groups excluding tert-OH is 1. The first-order valence-corrected chi connectivity index (χ1v) is 7.56. The van der Waals surface area contributed by atoms with Crippen molar-refractivity contribution < 1.29 is 9.90 Å². The van der Waals surface area contributed by atoms with E-state index in [2.05, 4.69) is 29.6 Å². The maximum atomic E-state index is 12.2. The van der Waals surface area contributed by atoms with Crippen molar-refractivity contribution in [3.63, 3.8) is 0 Å². The number of carbonyl (C=O) groups excluding carboxylic acids is 1. The molecule has 0 saturated carbocycles. The number of nitrogens with one attached hydrogen (secondary N) is 1. The van der Waals surface area contributed by atoms with E-state index in [0.29, 0.717) is 13.0 Å². The zero-order valence-corrected chi connectivity index (χ0v) is 12.7. The number of rotatable bonds is 6. The number of benzene rings is 2. The molecule has 21 heavy (non-hydrogen) atoms. The molecule has 0 aromatic heterocycles. The van der Waals surface area contributed by atoms with Gasteiger partial charge in [0.05, 0.1) is 12.0 Å². The summed E-state index contributed by atoms with van der Waals surface area (Å²) in [6.07, 6.45) is 0.990. The molecule has 0 heterocycles. The number of fused-ring (bicyclic) bond motifs is 1. The molecule has 2 N–H and O–H groups in total. The second-order valence-corrected chi connectivity index (χ2v) is 5.47. The molecule has 1 amide bonds. The highest BCUT2D eigenvalue weighted by atomic mass is 16.3. The Kier molecular flexibility index (Phi) is 5.34. The fourth-order valence-corrected chi connectivity index (χ4v) is 2.35. The Morgan fingerprint density at radius 1 is 1.19 bits per heavy atom. The summed E-state index contributed by atoms with van der Waals surface area (Å²) in [5.41, 5.74) is 1.02. The Bertz CT molecular complexity index is 609. The minimum absolute atomic E-state index is 0.00795. The van der Waals surface area contributed by atoms with Gasteiger partial charge in [0.1, 0.15) is 0 Å². The SMILES string of the molecule is CCC(O)CCNC(=O)C(C)c1ccc2ccccc2c1. The molecule has 0 spiro atoms. The van der Waals surface area contributed by atoms with Crippen LogP contribution >= 0.6 is 0 Å². The Hall–Kier alpha value is -1.87. The van der Waals surface area contributed by atoms with Gasteiger partial charge in [-0.15, -0.1) is 0 Å². The largest absolute Gasteiger partial charge is 0.393 e. The van der Waals surface area contributed by atoms with Crippen LogP contribution in [0.3, 0.4) is 0 Å². The van der Waals surface area contributed by atoms with Crippen molar-refractivity contribution in [3.8, 4) is 0 Å². The number of amides is 1. The van der Waals surface area contributed by atoms with Crippen LogP contribution < -0.4 is 5.32 Å². The number of hydrogen-bond acceptors (Lipinski definition) is 2. The van der Waals surface area contributed by atoms with E-state index in [-0.39, 0.29) is 17.9 Å². The van der Waals surface area contributed by atoms with Gasteiger partial charge in [-0.05, 0) is 36.1 Å². The predicted octanol–water partition coefficient (Wildman–Crippen LogP) is 3.22. The first kappa shape index (κ1) is 15.5. The Morgan fingerprint density at radius 3 is 2.62 bits per heavy atom. The minimum Gasteiger partial charge on any atom is -0.393 e. The molecule has 3 heteroatoms. The maximum Gasteiger partial charge on any atom is 0.227 e. The molecule has 2 rings (SSSR count). The fourth-order valence-electron chi connectivity index (χ4n) is 2.35. The molecule has 2 unspecified atom stereocenters. The van der Waals surface area contributed by atoms with Crippen molar-refractivity contribution >= 4 is 16.7 Å². The molecule has 0 aliphatic heterocycles. The Morgan fingerprint density at radius 2 is 1.90 bits per heavy atom. The lowest BCUT2D eigenvalue weighted by atomic mass is 9.97. The lowest BCUT2D eigenvalue weighted by Gasteiger charge is -2.14. The summed E-state index contributed by atoms with van der Waals surface area (Å²) in [7, 11) is 0. The minimum atomic E-state index is -0.332. The van der Waals surface area contributed by atoms with Gasteiger partial charge >= 0.3 is 0 Å². The van der Waals surface area contributed by atoms with E-state index < -0.39 is 0 Å². The highest BCUT2D eigenvalue weighted by molar-refractivity contribution is 5.87. The fraction of sp³-hybridized carbons (Fsp3) is 0.389. The summed E-state index contributed by atoms with van der Waals surface area (Å²) >= 11 is 0. The van der Waals surface area contributed by atoms with Gasteiger partial charge in [-0.2, -0.15) is 0 Å². The van der Waals surface area contributed by atoms with Crippen molar-refractivity contribution in [1.82, 2.24) is 5.32 Å². The van der Waals surface area contributed by atoms with Crippen LogP contribution in [0.4, 0.5) is 0 Å². The highest BCUT2D eigenvalue weighted by Crippen LogP contribution is 2.21. The topological polar surface area (TPSA) is 49.3 Å². The first-order valence-electron chi connectivity index (χ1n) is 7.56. The van der Waals surface area contributed by atoms with E-state index in [1.54, 1.807) is 0 Å². The average Bonchev–Trinajstić information content (AvgIpc) is 2.53. The van der Waals surface area contributed by atoms with Crippen LogP contribution in [0, 0.1) is 0 Å². The van der Waals surface area contributed by atoms with Crippen LogP contribution in [-0.4, -0.2) is 23.7 Å². The molecule has 2 aromatic carbocycles. The summed E-state index contributed by atoms with van der Waals surface area (Å²) in [6, 6.07) is 14.3. The smallest absolute Gasteiger partial charge is 0.227 e. The van der Waals surface area contributed by atoms with Crippen LogP contribution in [0.5, 0.6) is 0 Å². The third kappa shape index (κ3) is 4.05. The molecule has 3 nitrogen and oxygen atoms in total. The van der Waals surface area contributed by atoms with Gasteiger partial charge in [-0.3, -0.25) is 4.79 Å². The summed E-state index contributed by atoms with van der Waals surface area (Å²) in [5, 5.41) is 14.7. The third-order valence-corrected chi connectivity index (χ3v) is 3.91. The molecule has 112 valence electrons. The normalized spacial score (nSPS) is 13.9. The Balaban J connectivity index is 2.00. The summed E-state index contributed by atoms with van der Waals surface area (Å²) < 4.78 is 0. The monoisotopic (exact) mass is 285 g/mol. The van der Waals surface area contributed by atoms with E-state index in [0.717, 1.165) is 17.4 Å². The van der Waals surface area contributed by atoms with E-state index in [4.69, 9.17) is 0 Å². The zero-order chi connectivity index (χ0) is 15.2. The maximum absolute atomic E-state index is 12.2. The van der Waals surface area contributed by atoms with Gasteiger partial charge < -0.3 is 10.4 Å². The summed E-state index contributed by atoms with van der Waals surface area (Å²) in [4.78, 5) is 12.2. The molecular weight excluding hydrogens is 262 g/mol. The van der Waals surface area contributed by atoms with Crippen LogP contribution in [0.25, 0.3) is 10.8 Å². The molecule has 0 radical (unpaired) electrons. The van der Waals surface area contributed by atoms with Crippen LogP contribution in [0.2, 0.25) is 0 Å². The standard InChI is InChI=1S/C18H23NO2/c1-3-17(20)10-11-19-18(21)13(2)15-9-8-14-6-4-5-7-16(14)12-15/h4-9,12-13,17,20H,3,10-11H2,1-2H3,(H,19,21).